The zero-order valence-corrected chi connectivity index (χ0v) is 40.8. The summed E-state index contributed by atoms with van der Waals surface area (Å²) in [6.07, 6.45) is 21.8. The maximum absolute atomic E-state index is 13.6. The van der Waals surface area contributed by atoms with E-state index in [1.807, 2.05) is 19.1 Å². The monoisotopic (exact) mass is 873 g/mol. The Morgan fingerprint density at radius 2 is 1.52 bits per heavy atom. The second kappa shape index (κ2) is 21.4. The molecule has 0 aromatic carbocycles. The fraction of sp³-hybridized carbons (Fsp3) is 0.545. The van der Waals surface area contributed by atoms with Gasteiger partial charge in [0.15, 0.2) is 0 Å². The average Bonchev–Trinajstić information content (AvgIpc) is 3.99. The van der Waals surface area contributed by atoms with Crippen molar-refractivity contribution in [3.05, 3.63) is 96.4 Å². The van der Waals surface area contributed by atoms with Crippen molar-refractivity contribution in [1.29, 1.82) is 0 Å². The van der Waals surface area contributed by atoms with E-state index in [1.54, 1.807) is 0 Å². The normalized spacial score (nSPS) is 19.0. The number of aromatic nitrogens is 3. The molecular weight excluding hydrogens is 797 g/mol. The molecule has 0 radical (unpaired) electrons. The van der Waals surface area contributed by atoms with E-state index >= 15 is 0 Å². The van der Waals surface area contributed by atoms with Crippen LogP contribution in [0, 0.1) is 50.4 Å². The third-order valence-electron chi connectivity index (χ3n) is 14.5. The lowest BCUT2D eigenvalue weighted by atomic mass is 9.82. The first-order valence-corrected chi connectivity index (χ1v) is 24.2. The van der Waals surface area contributed by atoms with Crippen LogP contribution in [0.4, 0.5) is 0 Å². The number of allylic oxidation sites excluding steroid dienone is 3. The van der Waals surface area contributed by atoms with Gasteiger partial charge in [-0.25, -0.2) is 4.79 Å². The molecule has 0 saturated heterocycles. The second-order valence-electron chi connectivity index (χ2n) is 19.6. The molecular formula is C55H76N4O5. The molecule has 9 nitrogen and oxygen atoms in total. The number of aliphatic hydroxyl groups is 1. The fourth-order valence-corrected chi connectivity index (χ4v) is 10.3. The van der Waals surface area contributed by atoms with Crippen LogP contribution in [-0.2, 0) is 25.5 Å². The number of aliphatic imine (C=N–C) groups is 1. The summed E-state index contributed by atoms with van der Waals surface area (Å²) in [5.74, 6) is 1.07. The largest absolute Gasteiger partial charge is 0.466 e. The fourth-order valence-electron chi connectivity index (χ4n) is 10.3. The molecule has 1 unspecified atom stereocenters. The number of aromatic amines is 3. The predicted octanol–water partition coefficient (Wildman–Crippen LogP) is 11.2. The number of carbonyl (C=O) groups excluding carboxylic acids is 2. The van der Waals surface area contributed by atoms with E-state index in [0.29, 0.717) is 29.0 Å². The van der Waals surface area contributed by atoms with E-state index in [0.717, 1.165) is 92.7 Å². The Kier molecular flexibility index (Phi) is 16.2. The highest BCUT2D eigenvalue weighted by atomic mass is 16.5. The molecule has 3 aromatic rings. The minimum Gasteiger partial charge on any atom is -0.466 e. The van der Waals surface area contributed by atoms with Crippen molar-refractivity contribution in [3.63, 3.8) is 0 Å². The average molecular weight is 873 g/mol. The van der Waals surface area contributed by atoms with E-state index in [2.05, 4.69) is 102 Å². The van der Waals surface area contributed by atoms with E-state index in [1.165, 1.54) is 63.2 Å². The molecule has 0 fully saturated rings. The SMILES string of the molecule is C=Cc1c2[nH]c(c1C)C=C1N=C(C3=C(C(=O)OC)C(O)c4c3[nH]c(c4C)C=c3[nH]c(c(C)c3CC)=C2)[C@@H](CCC(=O)OC/C=C(\C)CCC[C@H](C)CCC[C@H](C)CCCC(C)C)[C@@H]1C. The molecule has 5 heterocycles. The zero-order chi connectivity index (χ0) is 46.4. The van der Waals surface area contributed by atoms with Crippen LogP contribution in [0.1, 0.15) is 181 Å². The summed E-state index contributed by atoms with van der Waals surface area (Å²) in [4.78, 5) is 43.3. The number of rotatable bonds is 20. The molecule has 4 N–H and O–H groups in total. The quantitative estimate of drug-likeness (QED) is 0.0663. The number of hydrogen-bond acceptors (Lipinski definition) is 6. The maximum atomic E-state index is 13.6. The van der Waals surface area contributed by atoms with E-state index < -0.39 is 12.1 Å². The third kappa shape index (κ3) is 10.6. The number of hydrogen-bond donors (Lipinski definition) is 4. The molecule has 3 aromatic heterocycles. The van der Waals surface area contributed by atoms with Crippen molar-refractivity contribution in [2.24, 2.45) is 34.6 Å². The number of H-pyrrole nitrogens is 3. The van der Waals surface area contributed by atoms with Crippen molar-refractivity contribution in [2.45, 2.75) is 152 Å². The number of methoxy groups -OCH3 is 1. The Bertz CT molecular complexity index is 2460. The van der Waals surface area contributed by atoms with Gasteiger partial charge in [0.1, 0.15) is 12.7 Å². The summed E-state index contributed by atoms with van der Waals surface area (Å²) in [5, 5.41) is 13.9. The highest BCUT2D eigenvalue weighted by Gasteiger charge is 2.45. The highest BCUT2D eigenvalue weighted by molar-refractivity contribution is 6.32. The first kappa shape index (κ1) is 48.6. The van der Waals surface area contributed by atoms with Gasteiger partial charge in [-0.15, -0.1) is 0 Å². The number of aliphatic hydroxyl groups excluding tert-OH is 1. The van der Waals surface area contributed by atoms with Crippen LogP contribution in [0.5, 0.6) is 0 Å². The lowest BCUT2D eigenvalue weighted by Gasteiger charge is -2.20. The molecule has 3 aliphatic rings. The van der Waals surface area contributed by atoms with Crippen molar-refractivity contribution in [3.8, 4) is 0 Å². The summed E-state index contributed by atoms with van der Waals surface area (Å²) in [7, 11) is 1.33. The smallest absolute Gasteiger partial charge is 0.337 e. The molecule has 64 heavy (non-hydrogen) atoms. The molecule has 6 rings (SSSR count). The zero-order valence-electron chi connectivity index (χ0n) is 40.8. The van der Waals surface area contributed by atoms with Crippen molar-refractivity contribution < 1.29 is 24.2 Å². The number of nitrogens with one attached hydrogen (secondary N) is 3. The Hall–Kier alpha value is -4.89. The van der Waals surface area contributed by atoms with Crippen molar-refractivity contribution in [1.82, 2.24) is 15.0 Å². The predicted molar refractivity (Wildman–Crippen MR) is 263 cm³/mol. The second-order valence-corrected chi connectivity index (χ2v) is 19.6. The summed E-state index contributed by atoms with van der Waals surface area (Å²) in [6, 6.07) is 0. The number of esters is 2. The molecule has 0 spiro atoms. The Labute approximate surface area is 382 Å². The number of nitrogens with zero attached hydrogens (tertiary/aromatic N) is 1. The van der Waals surface area contributed by atoms with Crippen LogP contribution in [0.2, 0.25) is 0 Å². The molecule has 1 aliphatic carbocycles. The van der Waals surface area contributed by atoms with E-state index in [-0.39, 0.29) is 36.4 Å². The molecule has 8 bridgehead atoms. The van der Waals surface area contributed by atoms with Gasteiger partial charge in [0.25, 0.3) is 0 Å². The Morgan fingerprint density at radius 1 is 0.859 bits per heavy atom. The Morgan fingerprint density at radius 3 is 2.17 bits per heavy atom. The highest BCUT2D eigenvalue weighted by Crippen LogP contribution is 2.49. The van der Waals surface area contributed by atoms with Gasteiger partial charge in [0.2, 0.25) is 0 Å². The van der Waals surface area contributed by atoms with Gasteiger partial charge in [-0.3, -0.25) is 9.79 Å². The van der Waals surface area contributed by atoms with Crippen LogP contribution < -0.4 is 10.7 Å². The minimum atomic E-state index is -1.22. The van der Waals surface area contributed by atoms with Crippen LogP contribution >= 0.6 is 0 Å². The van der Waals surface area contributed by atoms with Gasteiger partial charge >= 0.3 is 11.9 Å². The van der Waals surface area contributed by atoms with Crippen LogP contribution in [0.25, 0.3) is 29.9 Å². The standard InChI is InChI=1S/C55H76N4O5/c1-13-39-35(8)42-28-44-37(10)41(24-25-48(60)64-27-26-34(7)23-17-22-33(6)21-16-20-32(5)19-15-18-31(3)4)52(58-44)50-51(55(62)63-12)54(61)49-38(11)45(59-53(49)50)30-47-40(14-2)36(9)43(57-47)29-46(39)56-42/h13,26,28-33,37,41,54,56-57,59,61H,1,14-25,27H2,2-12H3/b34-26+,43-29?,44-28?,47-30?/t32-,33-,37+,41+,54?/m1/s1. The molecule has 346 valence electrons. The van der Waals surface area contributed by atoms with E-state index in [4.69, 9.17) is 14.5 Å². The van der Waals surface area contributed by atoms with Gasteiger partial charge in [0, 0.05) is 68.4 Å². The summed E-state index contributed by atoms with van der Waals surface area (Å²) >= 11 is 0. The number of carbonyl (C=O) groups is 2. The molecule has 5 atom stereocenters. The minimum absolute atomic E-state index is 0.127. The lowest BCUT2D eigenvalue weighted by molar-refractivity contribution is -0.142. The topological polar surface area (TPSA) is 133 Å². The van der Waals surface area contributed by atoms with Gasteiger partial charge in [-0.2, -0.15) is 0 Å². The van der Waals surface area contributed by atoms with Crippen LogP contribution in [0.15, 0.2) is 34.5 Å². The van der Waals surface area contributed by atoms with Crippen LogP contribution in [-0.4, -0.2) is 51.4 Å². The molecule has 9 heteroatoms. The first-order valence-electron chi connectivity index (χ1n) is 24.2. The summed E-state index contributed by atoms with van der Waals surface area (Å²) in [5.41, 5.74) is 12.6. The first-order chi connectivity index (χ1) is 30.6. The lowest BCUT2D eigenvalue weighted by Crippen LogP contribution is -2.22. The van der Waals surface area contributed by atoms with Gasteiger partial charge < -0.3 is 29.5 Å². The van der Waals surface area contributed by atoms with Crippen LogP contribution in [0.3, 0.4) is 0 Å². The molecule has 0 saturated carbocycles. The molecule has 2 aliphatic heterocycles. The molecule has 0 amide bonds. The maximum Gasteiger partial charge on any atom is 0.337 e. The number of ether oxygens (including phenoxy) is 2. The Balaban J connectivity index is 1.21. The van der Waals surface area contributed by atoms with E-state index in [9.17, 15) is 14.7 Å². The number of fused-ring (bicyclic) bond motifs is 7. The van der Waals surface area contributed by atoms with Crippen molar-refractivity contribution >= 4 is 47.5 Å². The summed E-state index contributed by atoms with van der Waals surface area (Å²) in [6.45, 7) is 26.4. The van der Waals surface area contributed by atoms with Gasteiger partial charge in [-0.1, -0.05) is 105 Å². The summed E-state index contributed by atoms with van der Waals surface area (Å²) < 4.78 is 11.1. The van der Waals surface area contributed by atoms with Gasteiger partial charge in [0.05, 0.1) is 24.1 Å². The van der Waals surface area contributed by atoms with Crippen molar-refractivity contribution in [2.75, 3.05) is 13.7 Å². The van der Waals surface area contributed by atoms with Gasteiger partial charge in [-0.05, 0) is 118 Å². The third-order valence-corrected chi connectivity index (χ3v) is 14.5.